The van der Waals surface area contributed by atoms with Gasteiger partial charge in [-0.2, -0.15) is 0 Å². The van der Waals surface area contributed by atoms with E-state index in [4.69, 9.17) is 5.41 Å². The smallest absolute Gasteiger partial charge is 0.116 e. The molecule has 39 valence electrons. The molecule has 0 unspecified atom stereocenters. The highest BCUT2D eigenvalue weighted by Gasteiger charge is 1.68. The molecule has 0 fully saturated rings. The van der Waals surface area contributed by atoms with Crippen molar-refractivity contribution in [1.82, 2.24) is 4.98 Å². The maximum absolute atomic E-state index is 7.00. The third-order valence-electron chi connectivity index (χ3n) is 0.720. The minimum Gasteiger partial charge on any atom is -0.299 e. The van der Waals surface area contributed by atoms with E-state index in [1.165, 1.54) is 0 Å². The molecule has 0 aliphatic heterocycles. The van der Waals surface area contributed by atoms with Crippen molar-refractivity contribution in [2.24, 2.45) is 0 Å². The van der Waals surface area contributed by atoms with E-state index in [0.29, 0.717) is 5.36 Å². The number of aromatic nitrogens is 1. The first-order valence-corrected chi connectivity index (χ1v) is 2.27. The third kappa shape index (κ3) is 1.15. The van der Waals surface area contributed by atoms with Crippen molar-refractivity contribution >= 4 is 0 Å². The number of nitrogens with one attached hydrogen (secondary N) is 1. The van der Waals surface area contributed by atoms with Gasteiger partial charge in [0.05, 0.1) is 5.36 Å². The first-order valence-electron chi connectivity index (χ1n) is 2.27. The molecule has 1 heterocycles. The Balaban J connectivity index is 3.32. The standard InChI is InChI=1S/C6H5N2/c7-6-3-1-2-4-8-5-6/h1-4,7H. The molecule has 1 rings (SSSR count). The summed E-state index contributed by atoms with van der Waals surface area (Å²) >= 11 is 0. The average molecular weight is 105 g/mol. The molecular weight excluding hydrogens is 100 g/mol. The van der Waals surface area contributed by atoms with E-state index in [0.717, 1.165) is 0 Å². The van der Waals surface area contributed by atoms with Gasteiger partial charge in [0.2, 0.25) is 0 Å². The van der Waals surface area contributed by atoms with Crippen molar-refractivity contribution in [1.29, 1.82) is 5.41 Å². The molecule has 0 aromatic carbocycles. The Kier molecular flexibility index (Phi) is 1.37. The van der Waals surface area contributed by atoms with Crippen molar-refractivity contribution in [3.8, 4) is 0 Å². The highest BCUT2D eigenvalue weighted by molar-refractivity contribution is 4.88. The Bertz CT molecular complexity index is 197. The van der Waals surface area contributed by atoms with Gasteiger partial charge in [-0.3, -0.25) is 10.4 Å². The summed E-state index contributed by atoms with van der Waals surface area (Å²) in [4.78, 5) is 3.63. The summed E-state index contributed by atoms with van der Waals surface area (Å²) in [5.41, 5.74) is 0. The summed E-state index contributed by atoms with van der Waals surface area (Å²) in [6, 6.07) is 5.15. The molecule has 0 atom stereocenters. The molecular formula is C6H5N2. The zero-order chi connectivity index (χ0) is 5.82. The topological polar surface area (TPSA) is 36.7 Å². The lowest BCUT2D eigenvalue weighted by atomic mass is 10.5. The van der Waals surface area contributed by atoms with Gasteiger partial charge in [-0.05, 0) is 12.1 Å². The summed E-state index contributed by atoms with van der Waals surface area (Å²) in [5.74, 6) is 0. The minimum atomic E-state index is 0.315. The van der Waals surface area contributed by atoms with Crippen LogP contribution in [0.5, 0.6) is 0 Å². The third-order valence-corrected chi connectivity index (χ3v) is 0.720. The van der Waals surface area contributed by atoms with Crippen molar-refractivity contribution < 1.29 is 0 Å². The van der Waals surface area contributed by atoms with E-state index < -0.39 is 0 Å². The van der Waals surface area contributed by atoms with E-state index in [1.807, 2.05) is 0 Å². The van der Waals surface area contributed by atoms with Gasteiger partial charge in [0, 0.05) is 6.20 Å². The Labute approximate surface area is 47.3 Å². The summed E-state index contributed by atoms with van der Waals surface area (Å²) in [7, 11) is 0. The fraction of sp³-hybridized carbons (Fsp3) is 0. The van der Waals surface area contributed by atoms with Crippen LogP contribution >= 0.6 is 0 Å². The molecule has 0 bridgehead atoms. The fourth-order valence-electron chi connectivity index (χ4n) is 0.389. The van der Waals surface area contributed by atoms with Crippen LogP contribution in [0.3, 0.4) is 0 Å². The van der Waals surface area contributed by atoms with Gasteiger partial charge < -0.3 is 0 Å². The monoisotopic (exact) mass is 105 g/mol. The van der Waals surface area contributed by atoms with Crippen LogP contribution in [0.4, 0.5) is 0 Å². The molecule has 1 N–H and O–H groups in total. The molecule has 0 spiro atoms. The molecule has 2 heteroatoms. The normalized spacial score (nSPS) is 8.50. The Morgan fingerprint density at radius 1 is 1.50 bits per heavy atom. The fourth-order valence-corrected chi connectivity index (χ4v) is 0.389. The van der Waals surface area contributed by atoms with E-state index in [1.54, 1.807) is 24.4 Å². The second-order valence-electron chi connectivity index (χ2n) is 1.36. The lowest BCUT2D eigenvalue weighted by molar-refractivity contribution is 1.21. The van der Waals surface area contributed by atoms with Crippen LogP contribution in [-0.4, -0.2) is 4.98 Å². The molecule has 1 aromatic heterocycles. The van der Waals surface area contributed by atoms with Crippen molar-refractivity contribution in [2.45, 2.75) is 0 Å². The average Bonchev–Trinajstić information content (AvgIpc) is 1.94. The van der Waals surface area contributed by atoms with Crippen LogP contribution in [0, 0.1) is 11.6 Å². The van der Waals surface area contributed by atoms with Crippen LogP contribution in [0.15, 0.2) is 24.4 Å². The Morgan fingerprint density at radius 2 is 2.38 bits per heavy atom. The first-order chi connectivity index (χ1) is 3.89. The Morgan fingerprint density at radius 3 is 3.25 bits per heavy atom. The first kappa shape index (κ1) is 4.97. The molecule has 0 saturated carbocycles. The number of rotatable bonds is 0. The van der Waals surface area contributed by atoms with Gasteiger partial charge in [0.15, 0.2) is 0 Å². The van der Waals surface area contributed by atoms with E-state index in [-0.39, 0.29) is 0 Å². The lowest BCUT2D eigenvalue weighted by Crippen LogP contribution is -1.91. The van der Waals surface area contributed by atoms with Crippen molar-refractivity contribution in [2.75, 3.05) is 0 Å². The van der Waals surface area contributed by atoms with Crippen LogP contribution in [0.2, 0.25) is 0 Å². The maximum atomic E-state index is 7.00. The minimum absolute atomic E-state index is 0.315. The maximum Gasteiger partial charge on any atom is 0.116 e. The van der Waals surface area contributed by atoms with Crippen LogP contribution in [0.25, 0.3) is 0 Å². The quantitative estimate of drug-likeness (QED) is 0.508. The van der Waals surface area contributed by atoms with Gasteiger partial charge >= 0.3 is 0 Å². The van der Waals surface area contributed by atoms with Gasteiger partial charge in [0.1, 0.15) is 6.20 Å². The second kappa shape index (κ2) is 2.21. The van der Waals surface area contributed by atoms with Crippen LogP contribution in [0.1, 0.15) is 0 Å². The van der Waals surface area contributed by atoms with Crippen molar-refractivity contribution in [3.05, 3.63) is 36.0 Å². The van der Waals surface area contributed by atoms with Gasteiger partial charge in [-0.1, -0.05) is 6.07 Å². The highest BCUT2D eigenvalue weighted by atomic mass is 14.6. The predicted octanol–water partition coefficient (Wildman–Crippen LogP) is 0.361. The lowest BCUT2D eigenvalue weighted by Gasteiger charge is -1.59. The Hall–Kier alpha value is -1.18. The SMILES string of the molecule is N=c1[c]ncccc1. The summed E-state index contributed by atoms with van der Waals surface area (Å²) in [5, 5.41) is 7.31. The highest BCUT2D eigenvalue weighted by Crippen LogP contribution is 1.67. The largest absolute Gasteiger partial charge is 0.299 e. The number of hydrogen-bond donors (Lipinski definition) is 1. The van der Waals surface area contributed by atoms with E-state index in [9.17, 15) is 0 Å². The summed E-state index contributed by atoms with van der Waals surface area (Å²) in [6.07, 6.45) is 4.07. The molecule has 1 radical (unpaired) electrons. The van der Waals surface area contributed by atoms with Gasteiger partial charge in [-0.25, -0.2) is 0 Å². The molecule has 0 amide bonds. The summed E-state index contributed by atoms with van der Waals surface area (Å²) < 4.78 is 0. The van der Waals surface area contributed by atoms with Crippen LogP contribution in [-0.2, 0) is 0 Å². The number of hydrogen-bond acceptors (Lipinski definition) is 2. The number of nitrogens with zero attached hydrogens (tertiary/aromatic N) is 1. The van der Waals surface area contributed by atoms with E-state index >= 15 is 0 Å². The van der Waals surface area contributed by atoms with Gasteiger partial charge in [0.25, 0.3) is 0 Å². The van der Waals surface area contributed by atoms with Crippen LogP contribution < -0.4 is 5.36 Å². The molecule has 0 aliphatic carbocycles. The molecule has 0 aliphatic rings. The zero-order valence-corrected chi connectivity index (χ0v) is 4.26. The molecule has 1 aromatic rings. The predicted molar refractivity (Wildman–Crippen MR) is 28.9 cm³/mol. The second-order valence-corrected chi connectivity index (χ2v) is 1.36. The van der Waals surface area contributed by atoms with Gasteiger partial charge in [-0.15, -0.1) is 0 Å². The molecule has 2 nitrogen and oxygen atoms in total. The molecule has 8 heavy (non-hydrogen) atoms. The molecule has 0 saturated heterocycles. The summed E-state index contributed by atoms with van der Waals surface area (Å²) in [6.45, 7) is 0. The van der Waals surface area contributed by atoms with Crippen molar-refractivity contribution in [3.63, 3.8) is 0 Å². The zero-order valence-electron chi connectivity index (χ0n) is 4.26. The van der Waals surface area contributed by atoms with E-state index in [2.05, 4.69) is 11.2 Å².